The molecule has 0 heterocycles. The number of fused-ring (bicyclic) bond motifs is 6. The Balaban J connectivity index is 1.33. The van der Waals surface area contributed by atoms with Crippen molar-refractivity contribution in [3.8, 4) is 22.3 Å². The molecule has 0 N–H and O–H groups in total. The third-order valence-corrected chi connectivity index (χ3v) is 10.0. The second-order valence-electron chi connectivity index (χ2n) is 12.8. The molecule has 0 aliphatic heterocycles. The molecule has 0 spiro atoms. The number of aryl methyl sites for hydroxylation is 3. The normalized spacial score (nSPS) is 11.7. The molecule has 0 saturated carbocycles. The molecule has 0 nitrogen and oxygen atoms in total. The Morgan fingerprint density at radius 2 is 0.957 bits per heavy atom. The summed E-state index contributed by atoms with van der Waals surface area (Å²) in [6.45, 7) is 2.18. The smallest absolute Gasteiger partial charge is 0.00201 e. The highest BCUT2D eigenvalue weighted by Gasteiger charge is 2.19. The van der Waals surface area contributed by atoms with E-state index in [1.165, 1.54) is 92.8 Å². The van der Waals surface area contributed by atoms with Gasteiger partial charge in [-0.2, -0.15) is 0 Å². The molecule has 0 amide bonds. The second kappa shape index (κ2) is 11.3. The molecule has 9 rings (SSSR count). The molecule has 9 aromatic rings. The van der Waals surface area contributed by atoms with E-state index in [1.54, 1.807) is 0 Å². The molecule has 0 fully saturated rings. The van der Waals surface area contributed by atoms with Gasteiger partial charge in [0.15, 0.2) is 0 Å². The summed E-state index contributed by atoms with van der Waals surface area (Å²) in [6.07, 6.45) is 2.02. The Labute approximate surface area is 275 Å². The van der Waals surface area contributed by atoms with Crippen LogP contribution in [0.1, 0.15) is 16.7 Å². The largest absolute Gasteiger partial charge is 0.0622 e. The van der Waals surface area contributed by atoms with Crippen LogP contribution in [-0.4, -0.2) is 0 Å². The lowest BCUT2D eigenvalue weighted by atomic mass is 9.83. The molecule has 0 radical (unpaired) electrons. The van der Waals surface area contributed by atoms with Gasteiger partial charge < -0.3 is 0 Å². The van der Waals surface area contributed by atoms with Crippen LogP contribution in [0.2, 0.25) is 0 Å². The summed E-state index contributed by atoms with van der Waals surface area (Å²) in [7, 11) is 0. The van der Waals surface area contributed by atoms with Crippen molar-refractivity contribution in [1.82, 2.24) is 0 Å². The van der Waals surface area contributed by atoms with E-state index in [-0.39, 0.29) is 0 Å². The summed E-state index contributed by atoms with van der Waals surface area (Å²) >= 11 is 0. The average Bonchev–Trinajstić information content (AvgIpc) is 3.12. The summed E-state index contributed by atoms with van der Waals surface area (Å²) in [6, 6.07) is 60.8. The summed E-state index contributed by atoms with van der Waals surface area (Å²) in [5.41, 5.74) is 9.26. The maximum Gasteiger partial charge on any atom is -0.00201 e. The van der Waals surface area contributed by atoms with Gasteiger partial charge in [0.2, 0.25) is 0 Å². The molecule has 0 aromatic heterocycles. The molecule has 0 unspecified atom stereocenters. The third kappa shape index (κ3) is 4.60. The quantitative estimate of drug-likeness (QED) is 0.137. The third-order valence-electron chi connectivity index (χ3n) is 10.0. The SMILES string of the molecule is Cc1cccc(-c2c3ccccc3c(-c3cccc4c3ccc3c(CCc5ccccc5)c5ccccc5cc34)c3ccccc23)c1. The molecule has 0 bridgehead atoms. The predicted octanol–water partition coefficient (Wildman–Crippen LogP) is 12.9. The van der Waals surface area contributed by atoms with Crippen LogP contribution in [-0.2, 0) is 12.8 Å². The Morgan fingerprint density at radius 1 is 0.362 bits per heavy atom. The molecule has 0 aliphatic carbocycles. The van der Waals surface area contributed by atoms with Crippen molar-refractivity contribution in [3.63, 3.8) is 0 Å². The molecular weight excluding hydrogens is 565 g/mol. The van der Waals surface area contributed by atoms with E-state index in [0.29, 0.717) is 0 Å². The molecule has 0 aliphatic rings. The lowest BCUT2D eigenvalue weighted by molar-refractivity contribution is 0.977. The maximum atomic E-state index is 2.42. The monoisotopic (exact) mass is 598 g/mol. The van der Waals surface area contributed by atoms with E-state index < -0.39 is 0 Å². The predicted molar refractivity (Wildman–Crippen MR) is 203 cm³/mol. The van der Waals surface area contributed by atoms with E-state index in [4.69, 9.17) is 0 Å². The first-order valence-electron chi connectivity index (χ1n) is 16.7. The summed E-state index contributed by atoms with van der Waals surface area (Å²) < 4.78 is 0. The zero-order chi connectivity index (χ0) is 31.3. The number of hydrogen-bond acceptors (Lipinski definition) is 0. The Kier molecular flexibility index (Phi) is 6.61. The minimum Gasteiger partial charge on any atom is -0.0622 e. The standard InChI is InChI=1S/C47H34/c1-31-13-11-17-34(29-31)46-41-19-7-9-21-43(41)47(44-22-10-8-20-42(44)46)40-24-12-23-36-38(40)27-28-39-37(26-25-32-14-3-2-4-15-32)35-18-6-5-16-33(35)30-45(36)39/h2-24,27-30H,25-26H2,1H3. The molecular formula is C47H34. The van der Waals surface area contributed by atoms with E-state index in [9.17, 15) is 0 Å². The van der Waals surface area contributed by atoms with Gasteiger partial charge in [0, 0.05) is 0 Å². The molecule has 0 atom stereocenters. The lowest BCUT2D eigenvalue weighted by Gasteiger charge is -2.20. The highest BCUT2D eigenvalue weighted by atomic mass is 14.2. The molecule has 0 heteroatoms. The van der Waals surface area contributed by atoms with Crippen molar-refractivity contribution in [1.29, 1.82) is 0 Å². The van der Waals surface area contributed by atoms with E-state index >= 15 is 0 Å². The number of benzene rings is 9. The van der Waals surface area contributed by atoms with E-state index in [2.05, 4.69) is 171 Å². The highest BCUT2D eigenvalue weighted by molar-refractivity contribution is 6.25. The van der Waals surface area contributed by atoms with Crippen molar-refractivity contribution in [2.45, 2.75) is 19.8 Å². The van der Waals surface area contributed by atoms with Crippen LogP contribution < -0.4 is 0 Å². The first-order chi connectivity index (χ1) is 23.2. The minimum atomic E-state index is 1.00. The van der Waals surface area contributed by atoms with Gasteiger partial charge >= 0.3 is 0 Å². The molecule has 222 valence electrons. The fraction of sp³-hybridized carbons (Fsp3) is 0.0638. The average molecular weight is 599 g/mol. The number of hydrogen-bond donors (Lipinski definition) is 0. The van der Waals surface area contributed by atoms with E-state index in [1.807, 2.05) is 0 Å². The van der Waals surface area contributed by atoms with Crippen molar-refractivity contribution < 1.29 is 0 Å². The fourth-order valence-corrected chi connectivity index (χ4v) is 7.93. The van der Waals surface area contributed by atoms with Crippen LogP contribution in [0.15, 0.2) is 164 Å². The van der Waals surface area contributed by atoms with Crippen LogP contribution in [0, 0.1) is 6.92 Å². The van der Waals surface area contributed by atoms with Crippen molar-refractivity contribution >= 4 is 53.9 Å². The fourth-order valence-electron chi connectivity index (χ4n) is 7.93. The maximum absolute atomic E-state index is 2.42. The molecule has 0 saturated heterocycles. The van der Waals surface area contributed by atoms with Crippen molar-refractivity contribution in [2.75, 3.05) is 0 Å². The van der Waals surface area contributed by atoms with Gasteiger partial charge in [0.05, 0.1) is 0 Å². The van der Waals surface area contributed by atoms with Gasteiger partial charge in [0.25, 0.3) is 0 Å². The van der Waals surface area contributed by atoms with Gasteiger partial charge in [-0.15, -0.1) is 0 Å². The Hall–Kier alpha value is -5.72. The van der Waals surface area contributed by atoms with Gasteiger partial charge in [-0.3, -0.25) is 0 Å². The van der Waals surface area contributed by atoms with Gasteiger partial charge in [-0.1, -0.05) is 163 Å². The summed E-state index contributed by atoms with van der Waals surface area (Å²) in [4.78, 5) is 0. The zero-order valence-corrected chi connectivity index (χ0v) is 26.5. The second-order valence-corrected chi connectivity index (χ2v) is 12.8. The summed E-state index contributed by atoms with van der Waals surface area (Å²) in [5.74, 6) is 0. The van der Waals surface area contributed by atoms with Crippen LogP contribution in [0.25, 0.3) is 76.1 Å². The zero-order valence-electron chi connectivity index (χ0n) is 26.5. The van der Waals surface area contributed by atoms with Crippen LogP contribution in [0.5, 0.6) is 0 Å². The van der Waals surface area contributed by atoms with Gasteiger partial charge in [-0.25, -0.2) is 0 Å². The van der Waals surface area contributed by atoms with Gasteiger partial charge in [-0.05, 0) is 113 Å². The molecule has 9 aromatic carbocycles. The molecule has 47 heavy (non-hydrogen) atoms. The van der Waals surface area contributed by atoms with Crippen LogP contribution in [0.4, 0.5) is 0 Å². The van der Waals surface area contributed by atoms with Gasteiger partial charge in [0.1, 0.15) is 0 Å². The van der Waals surface area contributed by atoms with E-state index in [0.717, 1.165) is 12.8 Å². The van der Waals surface area contributed by atoms with Crippen LogP contribution >= 0.6 is 0 Å². The van der Waals surface area contributed by atoms with Crippen LogP contribution in [0.3, 0.4) is 0 Å². The summed E-state index contributed by atoms with van der Waals surface area (Å²) in [5, 5.41) is 13.1. The number of rotatable bonds is 5. The first-order valence-corrected chi connectivity index (χ1v) is 16.7. The lowest BCUT2D eigenvalue weighted by Crippen LogP contribution is -1.96. The van der Waals surface area contributed by atoms with Crippen molar-refractivity contribution in [3.05, 3.63) is 180 Å². The topological polar surface area (TPSA) is 0 Å². The first kappa shape index (κ1) is 27.6. The minimum absolute atomic E-state index is 1.00. The Morgan fingerprint density at radius 3 is 1.68 bits per heavy atom. The van der Waals surface area contributed by atoms with Crippen molar-refractivity contribution in [2.24, 2.45) is 0 Å². The Bertz CT molecular complexity index is 2570. The highest BCUT2D eigenvalue weighted by Crippen LogP contribution is 2.46.